The highest BCUT2D eigenvalue weighted by Gasteiger charge is 2.08. The number of aryl methyl sites for hydroxylation is 1. The van der Waals surface area contributed by atoms with E-state index < -0.39 is 0 Å². The Labute approximate surface area is 145 Å². The van der Waals surface area contributed by atoms with Crippen molar-refractivity contribution in [3.05, 3.63) is 46.3 Å². The second-order valence-corrected chi connectivity index (χ2v) is 6.73. The molecule has 5 nitrogen and oxygen atoms in total. The van der Waals surface area contributed by atoms with Crippen LogP contribution < -0.4 is 10.6 Å². The molecule has 1 amide bonds. The number of nitrogens with zero attached hydrogens (tertiary/aromatic N) is 2. The summed E-state index contributed by atoms with van der Waals surface area (Å²) in [5.41, 5.74) is 2.38. The predicted molar refractivity (Wildman–Crippen MR) is 96.0 cm³/mol. The van der Waals surface area contributed by atoms with Gasteiger partial charge in [0, 0.05) is 16.7 Å². The lowest BCUT2D eigenvalue weighted by Gasteiger charge is -2.10. The molecule has 0 atom stereocenters. The SMILES string of the molecule is Cc1cc(Br)ccc1Nc1cnc(C(=O)NCCC(C)C)cn1. The van der Waals surface area contributed by atoms with Crippen LogP contribution in [0.3, 0.4) is 0 Å². The summed E-state index contributed by atoms with van der Waals surface area (Å²) < 4.78 is 1.03. The maximum atomic E-state index is 11.9. The van der Waals surface area contributed by atoms with Gasteiger partial charge in [0.15, 0.2) is 0 Å². The number of aromatic nitrogens is 2. The molecule has 0 aliphatic heterocycles. The Hall–Kier alpha value is -1.95. The number of nitrogens with one attached hydrogen (secondary N) is 2. The third-order valence-corrected chi connectivity index (χ3v) is 3.84. The molecular formula is C17H21BrN4O. The lowest BCUT2D eigenvalue weighted by molar-refractivity contribution is 0.0946. The largest absolute Gasteiger partial charge is 0.351 e. The summed E-state index contributed by atoms with van der Waals surface area (Å²) in [6.45, 7) is 6.90. The molecule has 1 aromatic carbocycles. The van der Waals surface area contributed by atoms with Crippen molar-refractivity contribution in [3.63, 3.8) is 0 Å². The summed E-state index contributed by atoms with van der Waals surface area (Å²) in [4.78, 5) is 20.4. The number of anilines is 2. The van der Waals surface area contributed by atoms with Crippen LogP contribution in [0.2, 0.25) is 0 Å². The zero-order valence-corrected chi connectivity index (χ0v) is 15.1. The van der Waals surface area contributed by atoms with E-state index in [9.17, 15) is 4.79 Å². The number of rotatable bonds is 6. The molecule has 0 saturated carbocycles. The summed E-state index contributed by atoms with van der Waals surface area (Å²) in [5.74, 6) is 0.973. The first-order valence-corrected chi connectivity index (χ1v) is 8.38. The molecule has 0 saturated heterocycles. The zero-order valence-electron chi connectivity index (χ0n) is 13.6. The van der Waals surface area contributed by atoms with Gasteiger partial charge in [-0.3, -0.25) is 4.79 Å². The molecule has 2 aromatic rings. The number of benzene rings is 1. The third-order valence-electron chi connectivity index (χ3n) is 3.34. The molecule has 0 spiro atoms. The van der Waals surface area contributed by atoms with E-state index in [0.717, 1.165) is 22.1 Å². The Bertz CT molecular complexity index is 671. The lowest BCUT2D eigenvalue weighted by Crippen LogP contribution is -2.26. The van der Waals surface area contributed by atoms with Gasteiger partial charge >= 0.3 is 0 Å². The fourth-order valence-corrected chi connectivity index (χ4v) is 2.46. The van der Waals surface area contributed by atoms with Crippen molar-refractivity contribution in [2.45, 2.75) is 27.2 Å². The molecule has 0 fully saturated rings. The highest BCUT2D eigenvalue weighted by atomic mass is 79.9. The van der Waals surface area contributed by atoms with Crippen LogP contribution in [0.25, 0.3) is 0 Å². The highest BCUT2D eigenvalue weighted by Crippen LogP contribution is 2.22. The fourth-order valence-electron chi connectivity index (χ4n) is 1.98. The summed E-state index contributed by atoms with van der Waals surface area (Å²) >= 11 is 3.44. The van der Waals surface area contributed by atoms with E-state index >= 15 is 0 Å². The molecule has 23 heavy (non-hydrogen) atoms. The molecule has 0 aliphatic rings. The Balaban J connectivity index is 1.97. The van der Waals surface area contributed by atoms with Gasteiger partial charge in [-0.25, -0.2) is 9.97 Å². The molecule has 0 bridgehead atoms. The second-order valence-electron chi connectivity index (χ2n) is 5.81. The minimum Gasteiger partial charge on any atom is -0.351 e. The molecule has 2 rings (SSSR count). The van der Waals surface area contributed by atoms with Crippen molar-refractivity contribution in [2.75, 3.05) is 11.9 Å². The number of amides is 1. The van der Waals surface area contributed by atoms with E-state index in [0.29, 0.717) is 24.0 Å². The Morgan fingerprint density at radius 3 is 2.65 bits per heavy atom. The minimum absolute atomic E-state index is 0.190. The first-order chi connectivity index (χ1) is 11.0. The summed E-state index contributed by atoms with van der Waals surface area (Å²) in [6, 6.07) is 5.94. The van der Waals surface area contributed by atoms with Crippen molar-refractivity contribution in [1.82, 2.24) is 15.3 Å². The van der Waals surface area contributed by atoms with Crippen LogP contribution in [0.5, 0.6) is 0 Å². The van der Waals surface area contributed by atoms with E-state index in [2.05, 4.69) is 50.4 Å². The smallest absolute Gasteiger partial charge is 0.271 e. The Morgan fingerprint density at radius 2 is 2.04 bits per heavy atom. The summed E-state index contributed by atoms with van der Waals surface area (Å²) in [6.07, 6.45) is 4.00. The van der Waals surface area contributed by atoms with Crippen LogP contribution in [-0.2, 0) is 0 Å². The maximum Gasteiger partial charge on any atom is 0.271 e. The number of hydrogen-bond donors (Lipinski definition) is 2. The van der Waals surface area contributed by atoms with Gasteiger partial charge in [0.05, 0.1) is 12.4 Å². The molecular weight excluding hydrogens is 356 g/mol. The number of halogens is 1. The minimum atomic E-state index is -0.190. The summed E-state index contributed by atoms with van der Waals surface area (Å²) in [5, 5.41) is 6.05. The van der Waals surface area contributed by atoms with Crippen molar-refractivity contribution in [2.24, 2.45) is 5.92 Å². The highest BCUT2D eigenvalue weighted by molar-refractivity contribution is 9.10. The Kier molecular flexibility index (Phi) is 6.10. The van der Waals surface area contributed by atoms with Crippen LogP contribution >= 0.6 is 15.9 Å². The average Bonchev–Trinajstić information content (AvgIpc) is 2.50. The topological polar surface area (TPSA) is 66.9 Å². The summed E-state index contributed by atoms with van der Waals surface area (Å²) in [7, 11) is 0. The number of carbonyl (C=O) groups excluding carboxylic acids is 1. The van der Waals surface area contributed by atoms with E-state index in [4.69, 9.17) is 0 Å². The van der Waals surface area contributed by atoms with Crippen molar-refractivity contribution in [1.29, 1.82) is 0 Å². The quantitative estimate of drug-likeness (QED) is 0.797. The monoisotopic (exact) mass is 376 g/mol. The molecule has 6 heteroatoms. The standard InChI is InChI=1S/C17H21BrN4O/c1-11(2)6-7-19-17(23)15-9-21-16(10-20-15)22-14-5-4-13(18)8-12(14)3/h4-5,8-11H,6-7H2,1-3H3,(H,19,23)(H,21,22). The normalized spacial score (nSPS) is 10.7. The van der Waals surface area contributed by atoms with Crippen molar-refractivity contribution >= 4 is 33.3 Å². The maximum absolute atomic E-state index is 11.9. The van der Waals surface area contributed by atoms with Crippen molar-refractivity contribution in [3.8, 4) is 0 Å². The van der Waals surface area contributed by atoms with E-state index in [1.165, 1.54) is 6.20 Å². The van der Waals surface area contributed by atoms with Gasteiger partial charge in [0.2, 0.25) is 0 Å². The van der Waals surface area contributed by atoms with Crippen LogP contribution in [0.1, 0.15) is 36.3 Å². The molecule has 0 aliphatic carbocycles. The second kappa shape index (κ2) is 8.06. The molecule has 1 heterocycles. The molecule has 0 radical (unpaired) electrons. The van der Waals surface area contributed by atoms with Gasteiger partial charge in [0.25, 0.3) is 5.91 Å². The van der Waals surface area contributed by atoms with Crippen LogP contribution in [-0.4, -0.2) is 22.4 Å². The lowest BCUT2D eigenvalue weighted by atomic mass is 10.1. The van der Waals surface area contributed by atoms with Gasteiger partial charge in [-0.05, 0) is 43.0 Å². The predicted octanol–water partition coefficient (Wildman–Crippen LogP) is 4.07. The first-order valence-electron chi connectivity index (χ1n) is 7.59. The number of carbonyl (C=O) groups is 1. The van der Waals surface area contributed by atoms with Gasteiger partial charge in [0.1, 0.15) is 11.5 Å². The van der Waals surface area contributed by atoms with Gasteiger partial charge in [-0.15, -0.1) is 0 Å². The first kappa shape index (κ1) is 17.4. The average molecular weight is 377 g/mol. The van der Waals surface area contributed by atoms with E-state index in [1.54, 1.807) is 6.20 Å². The molecule has 122 valence electrons. The zero-order chi connectivity index (χ0) is 16.8. The van der Waals surface area contributed by atoms with E-state index in [1.807, 2.05) is 25.1 Å². The molecule has 2 N–H and O–H groups in total. The van der Waals surface area contributed by atoms with Crippen LogP contribution in [0.15, 0.2) is 35.1 Å². The van der Waals surface area contributed by atoms with Crippen LogP contribution in [0.4, 0.5) is 11.5 Å². The molecule has 0 unspecified atom stereocenters. The van der Waals surface area contributed by atoms with Crippen LogP contribution in [0, 0.1) is 12.8 Å². The molecule has 1 aromatic heterocycles. The Morgan fingerprint density at radius 1 is 1.26 bits per heavy atom. The number of hydrogen-bond acceptors (Lipinski definition) is 4. The van der Waals surface area contributed by atoms with E-state index in [-0.39, 0.29) is 5.91 Å². The third kappa shape index (κ3) is 5.32. The van der Waals surface area contributed by atoms with Crippen molar-refractivity contribution < 1.29 is 4.79 Å². The fraction of sp³-hybridized carbons (Fsp3) is 0.353. The van der Waals surface area contributed by atoms with Gasteiger partial charge in [-0.1, -0.05) is 29.8 Å². The van der Waals surface area contributed by atoms with Gasteiger partial charge < -0.3 is 10.6 Å². The van der Waals surface area contributed by atoms with Gasteiger partial charge in [-0.2, -0.15) is 0 Å².